The summed E-state index contributed by atoms with van der Waals surface area (Å²) in [5.74, 6) is -7.00. The number of fused-ring (bicyclic) bond motifs is 1. The van der Waals surface area contributed by atoms with Gasteiger partial charge in [0, 0.05) is 23.1 Å². The molecule has 1 atom stereocenters. The van der Waals surface area contributed by atoms with Crippen LogP contribution in [0, 0.1) is 0 Å². The van der Waals surface area contributed by atoms with E-state index in [1.165, 1.54) is 6.20 Å². The highest BCUT2D eigenvalue weighted by atomic mass is 16.4. The number of carboxylic acid groups (broad SMARTS) is 2. The van der Waals surface area contributed by atoms with Gasteiger partial charge in [0.25, 0.3) is 11.5 Å². The average molecular weight is 449 g/mol. The fraction of sp³-hybridized carbons (Fsp3) is 0.211. The summed E-state index contributed by atoms with van der Waals surface area (Å²) in [5.41, 5.74) is 3.94. The standard InChI is InChI=1S/C19H19N7O6/c20-19-25-15-14(17(30)26-19)23-11(8-22-15)7-21-10-3-1-9(2-4-10)16(29)24-12(18(31)32)5-6-13(27)28/h1-4,8,12,21H,5-7H2,(H,24,29)(H,27,28)(H,31,32)(H3,20,22,25,26,30)/t12-/m0/s1/i1D,3D,5D2,6D2,12D/hD. The van der Waals surface area contributed by atoms with Crippen molar-refractivity contribution in [2.24, 2.45) is 0 Å². The highest BCUT2D eigenvalue weighted by molar-refractivity contribution is 5.96. The van der Waals surface area contributed by atoms with Crippen LogP contribution < -0.4 is 21.9 Å². The molecule has 166 valence electrons. The van der Waals surface area contributed by atoms with Crippen molar-refractivity contribution in [2.75, 3.05) is 11.1 Å². The molecule has 0 aliphatic carbocycles. The van der Waals surface area contributed by atoms with E-state index < -0.39 is 65.1 Å². The second kappa shape index (κ2) is 9.51. The van der Waals surface area contributed by atoms with Gasteiger partial charge in [0.15, 0.2) is 12.6 Å². The monoisotopic (exact) mass is 449 g/mol. The third kappa shape index (κ3) is 5.53. The van der Waals surface area contributed by atoms with E-state index in [0.29, 0.717) is 0 Å². The van der Waals surface area contributed by atoms with E-state index in [1.807, 2.05) is 0 Å². The Morgan fingerprint density at radius 1 is 1.31 bits per heavy atom. The van der Waals surface area contributed by atoms with Gasteiger partial charge >= 0.3 is 11.9 Å². The number of aromatic nitrogens is 4. The molecule has 13 heteroatoms. The van der Waals surface area contributed by atoms with E-state index in [4.69, 9.17) is 21.8 Å². The molecule has 0 saturated carbocycles. The Hall–Kier alpha value is -4.55. The van der Waals surface area contributed by atoms with E-state index in [9.17, 15) is 24.3 Å². The van der Waals surface area contributed by atoms with Crippen LogP contribution in [0.5, 0.6) is 0 Å². The third-order valence-electron chi connectivity index (χ3n) is 3.63. The Bertz CT molecular complexity index is 1600. The number of anilines is 2. The number of H-pyrrole nitrogens is 1. The van der Waals surface area contributed by atoms with Gasteiger partial charge in [-0.15, -0.1) is 0 Å². The van der Waals surface area contributed by atoms with Crippen molar-refractivity contribution in [3.8, 4) is 0 Å². The molecule has 0 spiro atoms. The molecule has 0 aliphatic rings. The molecule has 0 saturated heterocycles. The van der Waals surface area contributed by atoms with Gasteiger partial charge in [-0.05, 0) is 30.6 Å². The lowest BCUT2D eigenvalue weighted by molar-refractivity contribution is -0.140. The first-order chi connectivity index (χ1) is 18.4. The second-order valence-corrected chi connectivity index (χ2v) is 5.87. The summed E-state index contributed by atoms with van der Waals surface area (Å²) in [5, 5.41) is 20.4. The van der Waals surface area contributed by atoms with Crippen molar-refractivity contribution < 1.29 is 35.6 Å². The van der Waals surface area contributed by atoms with E-state index in [2.05, 4.69) is 25.3 Å². The first kappa shape index (κ1) is 13.7. The van der Waals surface area contributed by atoms with E-state index in [1.54, 1.807) is 0 Å². The molecule has 32 heavy (non-hydrogen) atoms. The van der Waals surface area contributed by atoms with E-state index >= 15 is 0 Å². The van der Waals surface area contributed by atoms with Crippen molar-refractivity contribution in [1.29, 1.82) is 0 Å². The highest BCUT2D eigenvalue weighted by Crippen LogP contribution is 2.12. The fourth-order valence-corrected chi connectivity index (χ4v) is 2.26. The van der Waals surface area contributed by atoms with Crippen LogP contribution in [0.4, 0.5) is 11.6 Å². The zero-order valence-electron chi connectivity index (χ0n) is 23.8. The molecule has 0 radical (unpaired) electrons. The first-order valence-corrected chi connectivity index (χ1v) is 8.53. The minimum absolute atomic E-state index is 0.0184. The SMILES string of the molecule is [2H]c1c(NCc2cnc3nc(N)[nH]c(=O)c3n2)ccc(C(=O)N([2H])[C@]([2H])(C(=O)O)C([2H])([2H])C([2H])([2H])C(=O)O)c1[2H]. The zero-order chi connectivity index (χ0) is 30.4. The molecule has 0 fully saturated rings. The number of nitrogens with one attached hydrogen (secondary N) is 3. The maximum Gasteiger partial charge on any atom is 0.326 e. The van der Waals surface area contributed by atoms with E-state index in [0.717, 1.165) is 12.1 Å². The lowest BCUT2D eigenvalue weighted by Gasteiger charge is -2.14. The van der Waals surface area contributed by atoms with Crippen LogP contribution in [0.1, 0.15) is 38.4 Å². The molecule has 13 nitrogen and oxygen atoms in total. The van der Waals surface area contributed by atoms with Crippen molar-refractivity contribution in [3.05, 3.63) is 52.0 Å². The molecule has 2 aromatic heterocycles. The summed E-state index contributed by atoms with van der Waals surface area (Å²) in [7, 11) is 0. The lowest BCUT2D eigenvalue weighted by atomic mass is 10.1. The number of carboxylic acids is 2. The highest BCUT2D eigenvalue weighted by Gasteiger charge is 2.21. The minimum Gasteiger partial charge on any atom is -0.481 e. The Morgan fingerprint density at radius 2 is 2.09 bits per heavy atom. The zero-order valence-corrected chi connectivity index (χ0v) is 15.8. The molecular weight excluding hydrogens is 422 g/mol. The van der Waals surface area contributed by atoms with E-state index in [-0.39, 0.29) is 35.0 Å². The molecule has 1 aromatic carbocycles. The fourth-order valence-electron chi connectivity index (χ4n) is 2.26. The predicted octanol–water partition coefficient (Wildman–Crippen LogP) is -0.0448. The largest absolute Gasteiger partial charge is 0.481 e. The Kier molecular flexibility index (Phi) is 4.07. The number of carbonyl (C=O) groups excluding carboxylic acids is 1. The number of nitrogens with two attached hydrogens (primary N) is 1. The molecule has 3 aromatic rings. The van der Waals surface area contributed by atoms with Crippen LogP contribution in [0.2, 0.25) is 1.41 Å². The van der Waals surface area contributed by atoms with Crippen LogP contribution in [0.25, 0.3) is 11.2 Å². The maximum atomic E-state index is 12.9. The second-order valence-electron chi connectivity index (χ2n) is 5.87. The van der Waals surface area contributed by atoms with Crippen LogP contribution in [-0.4, -0.2) is 54.0 Å². The number of nitrogen functional groups attached to an aromatic ring is 1. The van der Waals surface area contributed by atoms with Gasteiger partial charge < -0.3 is 26.6 Å². The number of rotatable bonds is 9. The first-order valence-electron chi connectivity index (χ1n) is 12.5. The van der Waals surface area contributed by atoms with Gasteiger partial charge in [-0.3, -0.25) is 19.4 Å². The summed E-state index contributed by atoms with van der Waals surface area (Å²) < 4.78 is 62.6. The average Bonchev–Trinajstić information content (AvgIpc) is 2.87. The van der Waals surface area contributed by atoms with Crippen LogP contribution in [0.15, 0.2) is 35.2 Å². The molecule has 3 rings (SSSR count). The van der Waals surface area contributed by atoms with Crippen molar-refractivity contribution in [1.82, 2.24) is 25.2 Å². The van der Waals surface area contributed by atoms with Crippen LogP contribution in [0.3, 0.4) is 0 Å². The summed E-state index contributed by atoms with van der Waals surface area (Å²) in [6, 6.07) is -3.75. The molecule has 7 N–H and O–H groups in total. The van der Waals surface area contributed by atoms with Crippen LogP contribution in [-0.2, 0) is 16.1 Å². The summed E-state index contributed by atoms with van der Waals surface area (Å²) in [4.78, 5) is 62.1. The number of carbonyl (C=O) groups is 3. The quantitative estimate of drug-likeness (QED) is 0.255. The van der Waals surface area contributed by atoms with Gasteiger partial charge in [0.1, 0.15) is 6.02 Å². The number of amides is 1. The van der Waals surface area contributed by atoms with Crippen molar-refractivity contribution >= 4 is 40.6 Å². The summed E-state index contributed by atoms with van der Waals surface area (Å²) >= 11 is 0. The molecular formula is C19H19N7O6. The molecule has 0 unspecified atom stereocenters. The summed E-state index contributed by atoms with van der Waals surface area (Å²) in [6.07, 6.45) is -6.96. The number of hydrogen-bond donors (Lipinski definition) is 6. The van der Waals surface area contributed by atoms with Crippen molar-refractivity contribution in [2.45, 2.75) is 25.3 Å². The number of nitrogens with zero attached hydrogens (tertiary/aromatic N) is 3. The molecule has 0 aliphatic heterocycles. The Balaban J connectivity index is 1.92. The Morgan fingerprint density at radius 3 is 2.81 bits per heavy atom. The number of hydrogen-bond acceptors (Lipinski definition) is 9. The number of benzene rings is 1. The molecule has 0 bridgehead atoms. The normalized spacial score (nSPS) is 17.1. The topological polar surface area (TPSA) is 213 Å². The molecule has 1 amide bonds. The van der Waals surface area contributed by atoms with Gasteiger partial charge in [-0.25, -0.2) is 14.8 Å². The van der Waals surface area contributed by atoms with Gasteiger partial charge in [0.05, 0.1) is 22.5 Å². The maximum absolute atomic E-state index is 12.9. The van der Waals surface area contributed by atoms with Crippen LogP contribution >= 0.6 is 0 Å². The minimum atomic E-state index is -4.17. The number of aromatic amines is 1. The molecule has 2 heterocycles. The van der Waals surface area contributed by atoms with Gasteiger partial charge in [0.2, 0.25) is 5.95 Å². The number of aliphatic carboxylic acids is 2. The summed E-state index contributed by atoms with van der Waals surface area (Å²) in [6.45, 7) is -0.144. The van der Waals surface area contributed by atoms with Gasteiger partial charge in [-0.1, -0.05) is 0 Å². The predicted molar refractivity (Wildman–Crippen MR) is 112 cm³/mol. The van der Waals surface area contributed by atoms with Gasteiger partial charge in [-0.2, -0.15) is 4.98 Å². The smallest absolute Gasteiger partial charge is 0.326 e. The third-order valence-corrected chi connectivity index (χ3v) is 3.63. The van der Waals surface area contributed by atoms with Crippen molar-refractivity contribution in [3.63, 3.8) is 0 Å². The Labute approximate surface area is 191 Å². The lowest BCUT2D eigenvalue weighted by Crippen LogP contribution is -2.41.